The molecule has 0 N–H and O–H groups in total. The molecular weight excluding hydrogens is 378 g/mol. The van der Waals surface area contributed by atoms with Crippen molar-refractivity contribution in [3.63, 3.8) is 0 Å². The SMILES string of the molecule is COCCOc1nnnc2c1sc1nc(N3CCOCC3)c3c(c12)CCCC3. The molecule has 8 nitrogen and oxygen atoms in total. The third-order valence-corrected chi connectivity index (χ3v) is 6.48. The summed E-state index contributed by atoms with van der Waals surface area (Å²) in [5.41, 5.74) is 3.62. The monoisotopic (exact) mass is 401 g/mol. The summed E-state index contributed by atoms with van der Waals surface area (Å²) in [6.07, 6.45) is 4.53. The largest absolute Gasteiger partial charge is 0.473 e. The van der Waals surface area contributed by atoms with Gasteiger partial charge in [0.1, 0.15) is 27.5 Å². The highest BCUT2D eigenvalue weighted by atomic mass is 32.1. The van der Waals surface area contributed by atoms with Gasteiger partial charge in [-0.15, -0.1) is 16.4 Å². The molecule has 9 heteroatoms. The first-order valence-corrected chi connectivity index (χ1v) is 10.6. The number of rotatable bonds is 5. The molecule has 2 aliphatic rings. The van der Waals surface area contributed by atoms with Crippen molar-refractivity contribution in [1.29, 1.82) is 0 Å². The highest BCUT2D eigenvalue weighted by molar-refractivity contribution is 7.25. The van der Waals surface area contributed by atoms with Crippen molar-refractivity contribution in [2.24, 2.45) is 0 Å². The molecule has 1 saturated heterocycles. The number of anilines is 1. The Morgan fingerprint density at radius 3 is 2.71 bits per heavy atom. The van der Waals surface area contributed by atoms with Crippen LogP contribution in [0.4, 0.5) is 5.82 Å². The van der Waals surface area contributed by atoms with Crippen LogP contribution in [-0.4, -0.2) is 67.0 Å². The summed E-state index contributed by atoms with van der Waals surface area (Å²) < 4.78 is 17.3. The van der Waals surface area contributed by atoms with E-state index in [1.165, 1.54) is 24.0 Å². The molecule has 0 saturated carbocycles. The number of aryl methyl sites for hydroxylation is 1. The summed E-state index contributed by atoms with van der Waals surface area (Å²) in [6, 6.07) is 0. The molecule has 0 aromatic carbocycles. The number of methoxy groups -OCH3 is 1. The van der Waals surface area contributed by atoms with Crippen LogP contribution < -0.4 is 9.64 Å². The number of ether oxygens (including phenoxy) is 3. The van der Waals surface area contributed by atoms with Gasteiger partial charge in [-0.25, -0.2) is 4.98 Å². The predicted octanol–water partition coefficient (Wildman–Crippen LogP) is 2.38. The molecule has 0 atom stereocenters. The van der Waals surface area contributed by atoms with E-state index in [0.717, 1.165) is 65.4 Å². The maximum absolute atomic E-state index is 5.80. The van der Waals surface area contributed by atoms with Crippen molar-refractivity contribution in [3.05, 3.63) is 11.1 Å². The summed E-state index contributed by atoms with van der Waals surface area (Å²) in [6.45, 7) is 4.24. The Morgan fingerprint density at radius 1 is 1.07 bits per heavy atom. The lowest BCUT2D eigenvalue weighted by Crippen LogP contribution is -2.37. The lowest BCUT2D eigenvalue weighted by molar-refractivity contribution is 0.122. The van der Waals surface area contributed by atoms with E-state index in [2.05, 4.69) is 20.3 Å². The van der Waals surface area contributed by atoms with Gasteiger partial charge in [-0.05, 0) is 42.0 Å². The number of fused-ring (bicyclic) bond motifs is 5. The maximum atomic E-state index is 5.80. The molecule has 3 aromatic heterocycles. The van der Waals surface area contributed by atoms with Crippen molar-refractivity contribution in [2.75, 3.05) is 51.5 Å². The first kappa shape index (κ1) is 18.0. The van der Waals surface area contributed by atoms with E-state index >= 15 is 0 Å². The molecule has 1 aliphatic carbocycles. The van der Waals surface area contributed by atoms with Crippen LogP contribution in [-0.2, 0) is 22.3 Å². The van der Waals surface area contributed by atoms with Crippen molar-refractivity contribution < 1.29 is 14.2 Å². The molecule has 5 rings (SSSR count). The van der Waals surface area contributed by atoms with Gasteiger partial charge in [0, 0.05) is 25.6 Å². The Hall–Kier alpha value is -2.10. The van der Waals surface area contributed by atoms with Gasteiger partial charge in [0.05, 0.1) is 19.8 Å². The highest BCUT2D eigenvalue weighted by Crippen LogP contribution is 2.42. The Kier molecular flexibility index (Phi) is 4.96. The number of aromatic nitrogens is 4. The lowest BCUT2D eigenvalue weighted by atomic mass is 9.90. The third-order valence-electron chi connectivity index (χ3n) is 5.42. The first-order valence-electron chi connectivity index (χ1n) is 9.78. The average Bonchev–Trinajstić information content (AvgIpc) is 3.14. The molecule has 28 heavy (non-hydrogen) atoms. The van der Waals surface area contributed by atoms with Crippen molar-refractivity contribution >= 4 is 37.6 Å². The summed E-state index contributed by atoms with van der Waals surface area (Å²) in [5.74, 6) is 1.64. The standard InChI is InChI=1S/C19H23N5O3S/c1-25-10-11-27-18-16-15(21-23-22-18)14-12-4-2-3-5-13(12)17(20-19(14)28-16)24-6-8-26-9-7-24/h2-11H2,1H3. The van der Waals surface area contributed by atoms with Crippen LogP contribution in [0.3, 0.4) is 0 Å². The van der Waals surface area contributed by atoms with E-state index in [1.807, 2.05) is 0 Å². The molecule has 0 unspecified atom stereocenters. The summed E-state index contributed by atoms with van der Waals surface area (Å²) in [7, 11) is 1.65. The van der Waals surface area contributed by atoms with Crippen LogP contribution in [0.25, 0.3) is 20.4 Å². The lowest BCUT2D eigenvalue weighted by Gasteiger charge is -2.31. The molecule has 1 fully saturated rings. The fraction of sp³-hybridized carbons (Fsp3) is 0.579. The van der Waals surface area contributed by atoms with E-state index in [1.54, 1.807) is 18.4 Å². The zero-order valence-corrected chi connectivity index (χ0v) is 16.8. The molecule has 4 heterocycles. The van der Waals surface area contributed by atoms with E-state index in [-0.39, 0.29) is 0 Å². The topological polar surface area (TPSA) is 82.5 Å². The second kappa shape index (κ2) is 7.73. The first-order chi connectivity index (χ1) is 13.9. The van der Waals surface area contributed by atoms with Crippen LogP contribution >= 0.6 is 11.3 Å². The predicted molar refractivity (Wildman–Crippen MR) is 108 cm³/mol. The molecule has 0 spiro atoms. The quantitative estimate of drug-likeness (QED) is 0.603. The van der Waals surface area contributed by atoms with Gasteiger partial charge in [-0.1, -0.05) is 5.10 Å². The number of hydrogen-bond acceptors (Lipinski definition) is 9. The summed E-state index contributed by atoms with van der Waals surface area (Å²) in [5, 5.41) is 13.6. The molecule has 1 aliphatic heterocycles. The van der Waals surface area contributed by atoms with Crippen LogP contribution in [0.15, 0.2) is 0 Å². The molecule has 3 aromatic rings. The second-order valence-corrected chi connectivity index (χ2v) is 8.09. The number of nitrogens with zero attached hydrogens (tertiary/aromatic N) is 5. The molecule has 0 amide bonds. The molecule has 0 radical (unpaired) electrons. The van der Waals surface area contributed by atoms with Crippen LogP contribution in [0.5, 0.6) is 5.88 Å². The van der Waals surface area contributed by atoms with Gasteiger partial charge in [-0.2, -0.15) is 0 Å². The maximum Gasteiger partial charge on any atom is 0.255 e. The minimum atomic E-state index is 0.434. The van der Waals surface area contributed by atoms with Crippen LogP contribution in [0, 0.1) is 0 Å². The fourth-order valence-electron chi connectivity index (χ4n) is 4.10. The van der Waals surface area contributed by atoms with E-state index in [9.17, 15) is 0 Å². The minimum absolute atomic E-state index is 0.434. The van der Waals surface area contributed by atoms with Crippen molar-refractivity contribution in [1.82, 2.24) is 20.4 Å². The number of hydrogen-bond donors (Lipinski definition) is 0. The Labute approximate surface area is 166 Å². The van der Waals surface area contributed by atoms with Gasteiger partial charge in [0.2, 0.25) is 0 Å². The van der Waals surface area contributed by atoms with Gasteiger partial charge >= 0.3 is 0 Å². The molecular formula is C19H23N5O3S. The number of morpholine rings is 1. The van der Waals surface area contributed by atoms with Gasteiger partial charge in [-0.3, -0.25) is 0 Å². The number of thiophene rings is 1. The van der Waals surface area contributed by atoms with Gasteiger partial charge in [0.15, 0.2) is 0 Å². The van der Waals surface area contributed by atoms with Gasteiger partial charge < -0.3 is 19.1 Å². The smallest absolute Gasteiger partial charge is 0.255 e. The second-order valence-electron chi connectivity index (χ2n) is 7.09. The molecule has 0 bridgehead atoms. The van der Waals surface area contributed by atoms with Crippen LogP contribution in [0.2, 0.25) is 0 Å². The van der Waals surface area contributed by atoms with Gasteiger partial charge in [0.25, 0.3) is 5.88 Å². The normalized spacial score (nSPS) is 17.2. The third kappa shape index (κ3) is 3.07. The zero-order chi connectivity index (χ0) is 18.9. The van der Waals surface area contributed by atoms with Crippen molar-refractivity contribution in [2.45, 2.75) is 25.7 Å². The number of pyridine rings is 1. The average molecular weight is 401 g/mol. The summed E-state index contributed by atoms with van der Waals surface area (Å²) >= 11 is 1.60. The minimum Gasteiger partial charge on any atom is -0.473 e. The Morgan fingerprint density at radius 2 is 1.89 bits per heavy atom. The van der Waals surface area contributed by atoms with E-state index in [0.29, 0.717) is 19.1 Å². The highest BCUT2D eigenvalue weighted by Gasteiger charge is 2.26. The fourth-order valence-corrected chi connectivity index (χ4v) is 5.17. The summed E-state index contributed by atoms with van der Waals surface area (Å²) in [4.78, 5) is 8.47. The molecule has 148 valence electrons. The van der Waals surface area contributed by atoms with E-state index in [4.69, 9.17) is 19.2 Å². The zero-order valence-electron chi connectivity index (χ0n) is 15.9. The van der Waals surface area contributed by atoms with E-state index < -0.39 is 0 Å². The van der Waals surface area contributed by atoms with Crippen molar-refractivity contribution in [3.8, 4) is 5.88 Å². The van der Waals surface area contributed by atoms with Crippen LogP contribution in [0.1, 0.15) is 24.0 Å². The Bertz CT molecular complexity index is 1000. The Balaban J connectivity index is 1.68.